The molecule has 0 aliphatic carbocycles. The number of amides is 2. The molecule has 2 aliphatic rings. The summed E-state index contributed by atoms with van der Waals surface area (Å²) in [6, 6.07) is 13.2. The van der Waals surface area contributed by atoms with Crippen molar-refractivity contribution in [1.82, 2.24) is 9.80 Å². The molecule has 10 heteroatoms. The van der Waals surface area contributed by atoms with Crippen LogP contribution in [0.15, 0.2) is 51.8 Å². The van der Waals surface area contributed by atoms with Gasteiger partial charge in [-0.1, -0.05) is 54.3 Å². The molecule has 0 radical (unpaired) electrons. The van der Waals surface area contributed by atoms with Crippen molar-refractivity contribution in [2.45, 2.75) is 13.0 Å². The van der Waals surface area contributed by atoms with E-state index < -0.39 is 0 Å². The zero-order chi connectivity index (χ0) is 24.9. The Morgan fingerprint density at radius 2 is 1.97 bits per heavy atom. The van der Waals surface area contributed by atoms with E-state index in [4.69, 9.17) is 26.4 Å². The molecule has 2 aliphatic heterocycles. The molecule has 0 saturated carbocycles. The lowest BCUT2D eigenvalue weighted by atomic mass is 10.1. The van der Waals surface area contributed by atoms with E-state index in [1.54, 1.807) is 21.9 Å². The Kier molecular flexibility index (Phi) is 8.48. The summed E-state index contributed by atoms with van der Waals surface area (Å²) in [4.78, 5) is 29.5. The molecular formula is C25H25BrN2O5S2. The summed E-state index contributed by atoms with van der Waals surface area (Å²) < 4.78 is 17.7. The van der Waals surface area contributed by atoms with Gasteiger partial charge in [0.2, 0.25) is 0 Å². The second kappa shape index (κ2) is 11.6. The van der Waals surface area contributed by atoms with Crippen LogP contribution in [0, 0.1) is 0 Å². The highest BCUT2D eigenvalue weighted by molar-refractivity contribution is 9.10. The zero-order valence-electron chi connectivity index (χ0n) is 19.4. The third kappa shape index (κ3) is 5.88. The summed E-state index contributed by atoms with van der Waals surface area (Å²) >= 11 is 10.3. The highest BCUT2D eigenvalue weighted by Crippen LogP contribution is 2.41. The summed E-state index contributed by atoms with van der Waals surface area (Å²) in [6.45, 7) is 4.03. The molecule has 0 bridgehead atoms. The monoisotopic (exact) mass is 576 g/mol. The number of morpholine rings is 1. The molecule has 2 amide bonds. The van der Waals surface area contributed by atoms with E-state index in [-0.39, 0.29) is 24.5 Å². The van der Waals surface area contributed by atoms with Gasteiger partial charge in [0.05, 0.1) is 35.7 Å². The van der Waals surface area contributed by atoms with Gasteiger partial charge in [0.15, 0.2) is 18.1 Å². The fourth-order valence-corrected chi connectivity index (χ4v) is 5.84. The molecule has 2 saturated heterocycles. The van der Waals surface area contributed by atoms with E-state index in [0.717, 1.165) is 11.1 Å². The third-order valence-corrected chi connectivity index (χ3v) is 7.67. The molecule has 4 rings (SSSR count). The Balaban J connectivity index is 1.50. The smallest absolute Gasteiger partial charge is 0.266 e. The van der Waals surface area contributed by atoms with Crippen molar-refractivity contribution in [3.63, 3.8) is 0 Å². The maximum atomic E-state index is 13.2. The van der Waals surface area contributed by atoms with Gasteiger partial charge in [0, 0.05) is 13.1 Å². The zero-order valence-corrected chi connectivity index (χ0v) is 22.6. The van der Waals surface area contributed by atoms with Gasteiger partial charge >= 0.3 is 0 Å². The summed E-state index contributed by atoms with van der Waals surface area (Å²) in [5.41, 5.74) is 1.76. The number of thiocarbonyl (C=S) groups is 1. The van der Waals surface area contributed by atoms with E-state index in [9.17, 15) is 9.59 Å². The van der Waals surface area contributed by atoms with Gasteiger partial charge in [-0.15, -0.1) is 0 Å². The predicted molar refractivity (Wildman–Crippen MR) is 143 cm³/mol. The van der Waals surface area contributed by atoms with Crippen molar-refractivity contribution in [2.75, 3.05) is 40.0 Å². The van der Waals surface area contributed by atoms with E-state index in [2.05, 4.69) is 15.9 Å². The second-order valence-corrected chi connectivity index (χ2v) is 10.5. The van der Waals surface area contributed by atoms with Crippen LogP contribution in [-0.2, 0) is 14.3 Å². The van der Waals surface area contributed by atoms with Crippen LogP contribution in [0.4, 0.5) is 0 Å². The molecule has 0 N–H and O–H groups in total. The fraction of sp³-hybridized carbons (Fsp3) is 0.320. The van der Waals surface area contributed by atoms with Crippen molar-refractivity contribution in [3.05, 3.63) is 63.0 Å². The first kappa shape index (κ1) is 25.7. The number of hydrogen-bond acceptors (Lipinski definition) is 7. The highest BCUT2D eigenvalue weighted by atomic mass is 79.9. The van der Waals surface area contributed by atoms with Gasteiger partial charge in [0.1, 0.15) is 4.32 Å². The average molecular weight is 578 g/mol. The minimum atomic E-state index is -0.171. The van der Waals surface area contributed by atoms with Crippen LogP contribution in [0.3, 0.4) is 0 Å². The molecule has 2 aromatic rings. The summed E-state index contributed by atoms with van der Waals surface area (Å²) in [5, 5.41) is 0. The predicted octanol–water partition coefficient (Wildman–Crippen LogP) is 4.66. The van der Waals surface area contributed by atoms with Crippen LogP contribution in [0.5, 0.6) is 11.5 Å². The number of carbonyl (C=O) groups excluding carboxylic acids is 2. The molecule has 2 aromatic carbocycles. The normalized spacial score (nSPS) is 18.2. The summed E-state index contributed by atoms with van der Waals surface area (Å²) in [5.74, 6) is 0.635. The topological polar surface area (TPSA) is 68.3 Å². The van der Waals surface area contributed by atoms with Crippen LogP contribution >= 0.6 is 39.9 Å². The molecule has 2 fully saturated rings. The van der Waals surface area contributed by atoms with E-state index >= 15 is 0 Å². The number of nitrogens with zero attached hydrogens (tertiary/aromatic N) is 2. The minimum Gasteiger partial charge on any atom is -0.493 e. The molecule has 0 unspecified atom stereocenters. The quantitative estimate of drug-likeness (QED) is 0.351. The van der Waals surface area contributed by atoms with E-state index in [1.807, 2.05) is 43.3 Å². The molecular weight excluding hydrogens is 552 g/mol. The maximum Gasteiger partial charge on any atom is 0.266 e. The molecule has 0 aromatic heterocycles. The van der Waals surface area contributed by atoms with Gasteiger partial charge in [-0.3, -0.25) is 14.5 Å². The Labute approximate surface area is 222 Å². The third-order valence-electron chi connectivity index (χ3n) is 5.75. The minimum absolute atomic E-state index is 0.107. The lowest BCUT2D eigenvalue weighted by molar-refractivity contribution is -0.137. The van der Waals surface area contributed by atoms with Crippen LogP contribution in [0.25, 0.3) is 6.08 Å². The van der Waals surface area contributed by atoms with E-state index in [0.29, 0.717) is 51.5 Å². The molecule has 35 heavy (non-hydrogen) atoms. The highest BCUT2D eigenvalue weighted by Gasteiger charge is 2.36. The number of methoxy groups -OCH3 is 1. The van der Waals surface area contributed by atoms with Gasteiger partial charge in [-0.2, -0.15) is 0 Å². The largest absolute Gasteiger partial charge is 0.493 e. The lowest BCUT2D eigenvalue weighted by Crippen LogP contribution is -2.43. The fourth-order valence-electron chi connectivity index (χ4n) is 3.85. The second-order valence-electron chi connectivity index (χ2n) is 7.95. The van der Waals surface area contributed by atoms with E-state index in [1.165, 1.54) is 18.9 Å². The SMILES string of the molecule is COc1cc(/C=C2\SC(=S)N([C@H](C)c3ccccc3)C2=O)cc(Br)c1OCC(=O)N1CCOCC1. The number of hydrogen-bond donors (Lipinski definition) is 0. The van der Waals surface area contributed by atoms with Crippen LogP contribution in [-0.4, -0.2) is 66.0 Å². The molecule has 2 heterocycles. The number of halogens is 1. The van der Waals surface area contributed by atoms with Crippen molar-refractivity contribution in [1.29, 1.82) is 0 Å². The van der Waals surface area contributed by atoms with Crippen molar-refractivity contribution >= 4 is 62.1 Å². The van der Waals surface area contributed by atoms with Gasteiger partial charge in [0.25, 0.3) is 11.8 Å². The van der Waals surface area contributed by atoms with Crippen molar-refractivity contribution in [2.24, 2.45) is 0 Å². The number of benzene rings is 2. The van der Waals surface area contributed by atoms with Gasteiger partial charge in [-0.25, -0.2) is 0 Å². The Hall–Kier alpha value is -2.40. The number of rotatable bonds is 7. The van der Waals surface area contributed by atoms with Crippen LogP contribution < -0.4 is 9.47 Å². The Bertz CT molecular complexity index is 1150. The van der Waals surface area contributed by atoms with Crippen molar-refractivity contribution < 1.29 is 23.8 Å². The Morgan fingerprint density at radius 1 is 1.26 bits per heavy atom. The first-order valence-electron chi connectivity index (χ1n) is 11.1. The first-order valence-corrected chi connectivity index (χ1v) is 13.1. The summed E-state index contributed by atoms with van der Waals surface area (Å²) in [7, 11) is 1.53. The molecule has 184 valence electrons. The number of carbonyl (C=O) groups is 2. The molecule has 1 atom stereocenters. The standard InChI is InChI=1S/C25H25BrN2O5S2/c1-16(18-6-4-3-5-7-18)28-24(30)21(35-25(28)34)14-17-12-19(26)23(20(13-17)31-2)33-15-22(29)27-8-10-32-11-9-27/h3-7,12-14,16H,8-11,15H2,1-2H3/b21-14-/t16-/m1/s1. The number of thioether (sulfide) groups is 1. The maximum absolute atomic E-state index is 13.2. The van der Waals surface area contributed by atoms with Gasteiger partial charge in [-0.05, 0) is 52.2 Å². The van der Waals surface area contributed by atoms with Crippen molar-refractivity contribution in [3.8, 4) is 11.5 Å². The number of ether oxygens (including phenoxy) is 3. The summed E-state index contributed by atoms with van der Waals surface area (Å²) in [6.07, 6.45) is 1.78. The Morgan fingerprint density at radius 3 is 2.66 bits per heavy atom. The average Bonchev–Trinajstić information content (AvgIpc) is 3.15. The first-order chi connectivity index (χ1) is 16.9. The van der Waals surface area contributed by atoms with Crippen LogP contribution in [0.2, 0.25) is 0 Å². The van der Waals surface area contributed by atoms with Crippen LogP contribution in [0.1, 0.15) is 24.1 Å². The lowest BCUT2D eigenvalue weighted by Gasteiger charge is -2.27. The van der Waals surface area contributed by atoms with Gasteiger partial charge < -0.3 is 19.1 Å². The molecule has 7 nitrogen and oxygen atoms in total. The molecule has 0 spiro atoms.